The molecule has 49 heavy (non-hydrogen) atoms. The van der Waals surface area contributed by atoms with E-state index in [1.165, 1.54) is 11.8 Å². The quantitative estimate of drug-likeness (QED) is 0.101. The number of rotatable bonds is 10. The second-order valence-corrected chi connectivity index (χ2v) is 12.8. The Hall–Kier alpha value is -5.92. The number of hydrogen-bond donors (Lipinski definition) is 3. The Morgan fingerprint density at radius 3 is 2.04 bits per heavy atom. The Morgan fingerprint density at radius 1 is 0.653 bits per heavy atom. The molecule has 3 N–H and O–H groups in total. The molecule has 0 radical (unpaired) electrons. The highest BCUT2D eigenvalue weighted by molar-refractivity contribution is 8.00. The fourth-order valence-corrected chi connectivity index (χ4v) is 6.64. The normalized spacial score (nSPS) is 11.8. The highest BCUT2D eigenvalue weighted by atomic mass is 32.2. The van der Waals surface area contributed by atoms with Gasteiger partial charge in [0.25, 0.3) is 11.8 Å². The highest BCUT2D eigenvalue weighted by Gasteiger charge is 2.24. The van der Waals surface area contributed by atoms with Crippen molar-refractivity contribution in [3.05, 3.63) is 179 Å². The van der Waals surface area contributed by atoms with E-state index in [1.54, 1.807) is 36.4 Å². The summed E-state index contributed by atoms with van der Waals surface area (Å²) >= 11 is 1.39. The molecule has 6 rings (SSSR count). The summed E-state index contributed by atoms with van der Waals surface area (Å²) in [5.74, 6) is -1.02. The molecule has 6 aromatic carbocycles. The molecule has 0 heterocycles. The van der Waals surface area contributed by atoms with Crippen molar-refractivity contribution in [2.75, 3.05) is 10.6 Å². The Balaban J connectivity index is 1.28. The van der Waals surface area contributed by atoms with Gasteiger partial charge in [-0.3, -0.25) is 14.4 Å². The lowest BCUT2D eigenvalue weighted by Crippen LogP contribution is -2.30. The highest BCUT2D eigenvalue weighted by Crippen LogP contribution is 2.38. The molecule has 1 unspecified atom stereocenters. The molecule has 0 aromatic heterocycles. The molecule has 0 spiro atoms. The number of amides is 3. The summed E-state index contributed by atoms with van der Waals surface area (Å²) in [5.41, 5.74) is 5.48. The van der Waals surface area contributed by atoms with E-state index >= 15 is 0 Å². The minimum absolute atomic E-state index is 0.0957. The fourth-order valence-electron chi connectivity index (χ4n) is 5.56. The van der Waals surface area contributed by atoms with E-state index in [1.807, 2.05) is 129 Å². The first-order valence-corrected chi connectivity index (χ1v) is 16.8. The zero-order valence-electron chi connectivity index (χ0n) is 27.1. The molecule has 0 saturated heterocycles. The van der Waals surface area contributed by atoms with Crippen molar-refractivity contribution in [1.29, 1.82) is 0 Å². The van der Waals surface area contributed by atoms with Gasteiger partial charge in [0.05, 0.1) is 0 Å². The van der Waals surface area contributed by atoms with Crippen molar-refractivity contribution in [1.82, 2.24) is 5.32 Å². The minimum Gasteiger partial charge on any atom is -0.324 e. The molecule has 0 bridgehead atoms. The van der Waals surface area contributed by atoms with Crippen molar-refractivity contribution in [2.45, 2.75) is 24.0 Å². The molecule has 6 aromatic rings. The van der Waals surface area contributed by atoms with E-state index in [-0.39, 0.29) is 11.6 Å². The number of para-hydroxylation sites is 1. The van der Waals surface area contributed by atoms with E-state index in [9.17, 15) is 14.4 Å². The van der Waals surface area contributed by atoms with Crippen molar-refractivity contribution in [3.8, 4) is 0 Å². The van der Waals surface area contributed by atoms with Gasteiger partial charge in [-0.2, -0.15) is 0 Å². The molecule has 242 valence electrons. The van der Waals surface area contributed by atoms with Crippen LogP contribution in [0.4, 0.5) is 11.4 Å². The van der Waals surface area contributed by atoms with Crippen molar-refractivity contribution in [3.63, 3.8) is 0 Å². The molecular formula is C42H35N3O3S. The van der Waals surface area contributed by atoms with E-state index in [4.69, 9.17) is 0 Å². The third kappa shape index (κ3) is 8.15. The van der Waals surface area contributed by atoms with Gasteiger partial charge in [0.2, 0.25) is 5.91 Å². The first-order chi connectivity index (χ1) is 23.9. The monoisotopic (exact) mass is 661 g/mol. The Bertz CT molecular complexity index is 2140. The van der Waals surface area contributed by atoms with Gasteiger partial charge in [-0.1, -0.05) is 115 Å². The molecule has 7 heteroatoms. The lowest BCUT2D eigenvalue weighted by atomic mass is 10.0. The Kier molecular flexibility index (Phi) is 10.3. The Labute approximate surface area is 290 Å². The summed E-state index contributed by atoms with van der Waals surface area (Å²) in [6, 6.07) is 45.4. The number of carbonyl (C=O) groups is 3. The standard InChI is InChI=1S/C42H35N3O3S/c1-28-14-11-15-29(2)38(28)45-42(48)39(31-17-5-3-6-18-31)49-35-24-13-23-34(27-35)43-41(47)37(44-40(46)32-19-7-4-8-20-32)26-33-22-12-21-30-16-9-10-25-36(30)33/h3-27,39H,1-2H3,(H,43,47)(H,44,46)(H,45,48)/b37-26+. The lowest BCUT2D eigenvalue weighted by Gasteiger charge is -2.19. The van der Waals surface area contributed by atoms with Gasteiger partial charge in [0, 0.05) is 21.8 Å². The molecule has 0 aliphatic carbocycles. The summed E-state index contributed by atoms with van der Waals surface area (Å²) in [7, 11) is 0. The molecule has 1 atom stereocenters. The second-order valence-electron chi connectivity index (χ2n) is 11.6. The summed E-state index contributed by atoms with van der Waals surface area (Å²) in [6.07, 6.45) is 1.69. The maximum absolute atomic E-state index is 13.9. The van der Waals surface area contributed by atoms with Crippen molar-refractivity contribution >= 4 is 57.7 Å². The molecular weight excluding hydrogens is 627 g/mol. The third-order valence-corrected chi connectivity index (χ3v) is 9.32. The van der Waals surface area contributed by atoms with Crippen LogP contribution in [0.15, 0.2) is 156 Å². The molecule has 3 amide bonds. The average Bonchev–Trinajstić information content (AvgIpc) is 3.13. The largest absolute Gasteiger partial charge is 0.324 e. The zero-order chi connectivity index (χ0) is 34.2. The molecule has 0 saturated carbocycles. The smallest absolute Gasteiger partial charge is 0.272 e. The number of hydrogen-bond acceptors (Lipinski definition) is 4. The van der Waals surface area contributed by atoms with Gasteiger partial charge >= 0.3 is 0 Å². The van der Waals surface area contributed by atoms with Crippen LogP contribution in [-0.4, -0.2) is 17.7 Å². The maximum atomic E-state index is 13.9. The van der Waals surface area contributed by atoms with Crippen LogP contribution in [0.3, 0.4) is 0 Å². The average molecular weight is 662 g/mol. The zero-order valence-corrected chi connectivity index (χ0v) is 28.0. The number of thioether (sulfide) groups is 1. The number of nitrogens with one attached hydrogen (secondary N) is 3. The molecule has 6 nitrogen and oxygen atoms in total. The van der Waals surface area contributed by atoms with Crippen molar-refractivity contribution in [2.24, 2.45) is 0 Å². The van der Waals surface area contributed by atoms with Crippen LogP contribution in [0, 0.1) is 13.8 Å². The number of aryl methyl sites for hydroxylation is 2. The SMILES string of the molecule is Cc1cccc(C)c1NC(=O)C(Sc1cccc(NC(=O)/C(=C\c2cccc3ccccc23)NC(=O)c2ccccc2)c1)c1ccccc1. The van der Waals surface area contributed by atoms with Gasteiger partial charge in [0.1, 0.15) is 10.9 Å². The minimum atomic E-state index is -0.557. The molecule has 0 fully saturated rings. The first-order valence-electron chi connectivity index (χ1n) is 15.9. The van der Waals surface area contributed by atoms with Crippen LogP contribution in [0.5, 0.6) is 0 Å². The van der Waals surface area contributed by atoms with Crippen molar-refractivity contribution < 1.29 is 14.4 Å². The van der Waals surface area contributed by atoms with Gasteiger partial charge in [-0.15, -0.1) is 11.8 Å². The maximum Gasteiger partial charge on any atom is 0.272 e. The number of carbonyl (C=O) groups excluding carboxylic acids is 3. The van der Waals surface area contributed by atoms with E-state index < -0.39 is 17.1 Å². The van der Waals surface area contributed by atoms with Gasteiger partial charge in [0.15, 0.2) is 0 Å². The first kappa shape index (κ1) is 33.0. The predicted molar refractivity (Wildman–Crippen MR) is 200 cm³/mol. The van der Waals surface area contributed by atoms with E-state index in [0.29, 0.717) is 11.3 Å². The Morgan fingerprint density at radius 2 is 1.29 bits per heavy atom. The lowest BCUT2D eigenvalue weighted by molar-refractivity contribution is -0.116. The predicted octanol–water partition coefficient (Wildman–Crippen LogP) is 9.34. The topological polar surface area (TPSA) is 87.3 Å². The third-order valence-electron chi connectivity index (χ3n) is 8.07. The van der Waals surface area contributed by atoms with Crippen LogP contribution in [0.25, 0.3) is 16.8 Å². The van der Waals surface area contributed by atoms with Crippen LogP contribution in [0.2, 0.25) is 0 Å². The van der Waals surface area contributed by atoms with Gasteiger partial charge < -0.3 is 16.0 Å². The summed E-state index contributed by atoms with van der Waals surface area (Å²) in [5, 5.41) is 10.4. The number of fused-ring (bicyclic) bond motifs is 1. The summed E-state index contributed by atoms with van der Waals surface area (Å²) in [6.45, 7) is 3.95. The van der Waals surface area contributed by atoms with Gasteiger partial charge in [-0.25, -0.2) is 0 Å². The molecule has 0 aliphatic rings. The van der Waals surface area contributed by atoms with Crippen LogP contribution >= 0.6 is 11.8 Å². The second kappa shape index (κ2) is 15.3. The van der Waals surface area contributed by atoms with E-state index in [2.05, 4.69) is 16.0 Å². The van der Waals surface area contributed by atoms with Crippen LogP contribution in [-0.2, 0) is 9.59 Å². The molecule has 0 aliphatic heterocycles. The number of anilines is 2. The number of benzene rings is 6. The van der Waals surface area contributed by atoms with E-state index in [0.717, 1.165) is 43.6 Å². The fraction of sp³-hybridized carbons (Fsp3) is 0.0714. The summed E-state index contributed by atoms with van der Waals surface area (Å²) < 4.78 is 0. The van der Waals surface area contributed by atoms with Crippen LogP contribution < -0.4 is 16.0 Å². The van der Waals surface area contributed by atoms with Gasteiger partial charge in [-0.05, 0) is 83.3 Å². The van der Waals surface area contributed by atoms with Crippen LogP contribution in [0.1, 0.15) is 37.9 Å². The summed E-state index contributed by atoms with van der Waals surface area (Å²) in [4.78, 5) is 41.7.